The van der Waals surface area contributed by atoms with Crippen molar-refractivity contribution in [2.75, 3.05) is 19.6 Å². The summed E-state index contributed by atoms with van der Waals surface area (Å²) in [5.41, 5.74) is 16.0. The van der Waals surface area contributed by atoms with Gasteiger partial charge in [0, 0.05) is 65.9 Å². The van der Waals surface area contributed by atoms with Crippen molar-refractivity contribution >= 4 is 62.5 Å². The van der Waals surface area contributed by atoms with Crippen LogP contribution in [0.15, 0.2) is 19.6 Å². The molecule has 0 atom stereocenters. The number of halogens is 8. The zero-order chi connectivity index (χ0) is 32.2. The zero-order valence-electron chi connectivity index (χ0n) is 22.2. The van der Waals surface area contributed by atoms with Crippen LogP contribution in [-0.4, -0.2) is 41.8 Å². The number of nitrogens with two attached hydrogens (primary N) is 3. The van der Waals surface area contributed by atoms with Crippen molar-refractivity contribution in [2.45, 2.75) is 40.4 Å². The number of rotatable bonds is 1. The zero-order valence-corrected chi connectivity index (χ0v) is 31.6. The van der Waals surface area contributed by atoms with Crippen molar-refractivity contribution in [2.24, 2.45) is 11.5 Å². The summed E-state index contributed by atoms with van der Waals surface area (Å²) in [4.78, 5) is 15.1. The van der Waals surface area contributed by atoms with Crippen LogP contribution in [0.2, 0.25) is 0 Å². The predicted molar refractivity (Wildman–Crippen MR) is 143 cm³/mol. The smallest absolute Gasteiger partial charge is 0.300 e. The third kappa shape index (κ3) is 24.5. The Morgan fingerprint density at radius 1 is 0.667 bits per heavy atom. The summed E-state index contributed by atoms with van der Waals surface area (Å²) >= 11 is 15.2. The van der Waals surface area contributed by atoms with Crippen LogP contribution in [-0.2, 0) is 73.8 Å². The van der Waals surface area contributed by atoms with Gasteiger partial charge in [-0.3, -0.25) is 9.59 Å². The Morgan fingerprint density at radius 3 is 0.952 bits per heavy atom. The number of nitrogens with one attached hydrogen (secondary N) is 1. The maximum atomic E-state index is 12.5. The van der Waals surface area contributed by atoms with Crippen LogP contribution in [0, 0.1) is 46.5 Å². The molecular formula is C20H26F8N4O4S4Zn2-4. The summed E-state index contributed by atoms with van der Waals surface area (Å²) in [7, 11) is 0. The Bertz CT molecular complexity index is 786. The number of carbonyl (C=O) groups is 2. The third-order valence-electron chi connectivity index (χ3n) is 2.57. The van der Waals surface area contributed by atoms with Gasteiger partial charge in [0.15, 0.2) is 34.9 Å². The second-order valence-electron chi connectivity index (χ2n) is 5.84. The SMILES string of the molecule is CC(=O)O.CC(=O)O.CC[NH-].Fc1c(F)c(F)c(S)c(S)c1F.Fc1c(F)c(F)c([S-])c([S-])c1F.NCCN.[NH2-].[Zn].[Zn]. The van der Waals surface area contributed by atoms with Crippen molar-refractivity contribution < 1.29 is 93.9 Å². The molecule has 2 aromatic carbocycles. The van der Waals surface area contributed by atoms with Crippen LogP contribution in [0.25, 0.3) is 11.9 Å². The first-order valence-corrected chi connectivity index (χ1v) is 11.3. The van der Waals surface area contributed by atoms with Crippen molar-refractivity contribution in [3.8, 4) is 0 Å². The van der Waals surface area contributed by atoms with Gasteiger partial charge in [-0.1, -0.05) is 6.92 Å². The second-order valence-corrected chi connectivity index (χ2v) is 7.55. The van der Waals surface area contributed by atoms with Gasteiger partial charge in [-0.05, 0) is 0 Å². The topological polar surface area (TPSA) is 184 Å². The first kappa shape index (κ1) is 56.8. The quantitative estimate of drug-likeness (QED) is 0.0528. The Morgan fingerprint density at radius 2 is 0.810 bits per heavy atom. The number of aliphatic carboxylic acids is 2. The fraction of sp³-hybridized carbons (Fsp3) is 0.300. The van der Waals surface area contributed by atoms with E-state index in [2.05, 4.69) is 50.5 Å². The molecule has 0 bridgehead atoms. The Balaban J connectivity index is -0.0000000762. The minimum atomic E-state index is -1.92. The number of thiol groups is 2. The summed E-state index contributed by atoms with van der Waals surface area (Å²) in [5, 5.41) is 14.8. The Kier molecular flexibility index (Phi) is 42.6. The Hall–Kier alpha value is -0.953. The molecule has 0 saturated heterocycles. The summed E-state index contributed by atoms with van der Waals surface area (Å²) < 4.78 is 99.4. The van der Waals surface area contributed by atoms with Gasteiger partial charge in [0.25, 0.3) is 11.9 Å². The molecule has 0 aliphatic heterocycles. The second kappa shape index (κ2) is 31.5. The summed E-state index contributed by atoms with van der Waals surface area (Å²) in [6.45, 7) is 5.65. The molecule has 0 aliphatic rings. The molecule has 22 heteroatoms. The maximum Gasteiger partial charge on any atom is 0.300 e. The number of hydrogen-bond donors (Lipinski definition) is 6. The molecule has 42 heavy (non-hydrogen) atoms. The molecule has 2 rings (SSSR count). The molecular weight excluding hydrogens is 771 g/mol. The van der Waals surface area contributed by atoms with Crippen LogP contribution in [0.5, 0.6) is 0 Å². The standard InChI is InChI=1S/2C6H2F4S2.C2H8N2.C2H6N.2C2H4O2.H2N.2Zn/c2*7-1-2(8)4(10)6(12)5(11)3(1)9;3-1-2-4;1-2-3;2*1-2(3)4;;;/h2*11-12H;1-4H2;3H,2H2,1H3;2*1H3,(H,3,4);1H2;;/q;;;-1;;;-1;;/p-2. The molecule has 0 unspecified atom stereocenters. The van der Waals surface area contributed by atoms with Crippen molar-refractivity contribution in [1.82, 2.24) is 0 Å². The van der Waals surface area contributed by atoms with E-state index in [0.717, 1.165) is 13.8 Å². The van der Waals surface area contributed by atoms with E-state index in [1.165, 1.54) is 0 Å². The van der Waals surface area contributed by atoms with Gasteiger partial charge < -0.3 is 58.8 Å². The fourth-order valence-electron chi connectivity index (χ4n) is 1.20. The largest absolute Gasteiger partial charge is 0.778 e. The van der Waals surface area contributed by atoms with Crippen molar-refractivity contribution in [1.29, 1.82) is 0 Å². The van der Waals surface area contributed by atoms with Gasteiger partial charge in [-0.2, -0.15) is 16.3 Å². The summed E-state index contributed by atoms with van der Waals surface area (Å²) in [6.07, 6.45) is 0. The molecule has 0 amide bonds. The molecule has 0 saturated carbocycles. The van der Waals surface area contributed by atoms with E-state index in [4.69, 9.17) is 37.0 Å². The molecule has 0 radical (unpaired) electrons. The van der Waals surface area contributed by atoms with Gasteiger partial charge in [0.2, 0.25) is 0 Å². The van der Waals surface area contributed by atoms with E-state index in [1.54, 1.807) is 6.92 Å². The normalized spacial score (nSPS) is 8.29. The van der Waals surface area contributed by atoms with Gasteiger partial charge >= 0.3 is 0 Å². The molecule has 0 heterocycles. The molecule has 0 aromatic heterocycles. The van der Waals surface area contributed by atoms with Gasteiger partial charge in [0.05, 0.1) is 9.79 Å². The number of carboxylic acids is 2. The molecule has 9 N–H and O–H groups in total. The van der Waals surface area contributed by atoms with Crippen molar-refractivity contribution in [3.63, 3.8) is 0 Å². The molecule has 2 aromatic rings. The number of hydrogen-bond acceptors (Lipinski definition) is 8. The van der Waals surface area contributed by atoms with Crippen LogP contribution >= 0.6 is 25.3 Å². The van der Waals surface area contributed by atoms with Crippen LogP contribution < -0.4 is 11.5 Å². The van der Waals surface area contributed by atoms with Crippen LogP contribution in [0.1, 0.15) is 20.8 Å². The van der Waals surface area contributed by atoms with E-state index in [9.17, 15) is 35.1 Å². The number of carboxylic acid groups (broad SMARTS) is 2. The minimum absolute atomic E-state index is 0. The molecule has 238 valence electrons. The average molecular weight is 797 g/mol. The predicted octanol–water partition coefficient (Wildman–Crippen LogP) is 5.73. The summed E-state index contributed by atoms with van der Waals surface area (Å²) in [5.74, 6) is -15.6. The van der Waals surface area contributed by atoms with Crippen LogP contribution in [0.3, 0.4) is 0 Å². The van der Waals surface area contributed by atoms with E-state index in [0.29, 0.717) is 19.6 Å². The number of benzene rings is 2. The third-order valence-corrected chi connectivity index (χ3v) is 4.48. The molecule has 0 aliphatic carbocycles. The van der Waals surface area contributed by atoms with Gasteiger partial charge in [0.1, 0.15) is 11.6 Å². The maximum absolute atomic E-state index is 12.5. The monoisotopic (exact) mass is 794 g/mol. The molecule has 0 spiro atoms. The van der Waals surface area contributed by atoms with E-state index in [1.807, 2.05) is 0 Å². The fourth-order valence-corrected chi connectivity index (χ4v) is 1.95. The summed E-state index contributed by atoms with van der Waals surface area (Å²) in [6, 6.07) is 0. The van der Waals surface area contributed by atoms with Crippen molar-refractivity contribution in [3.05, 3.63) is 58.4 Å². The molecule has 0 fully saturated rings. The molecule has 8 nitrogen and oxygen atoms in total. The van der Waals surface area contributed by atoms with E-state index >= 15 is 0 Å². The van der Waals surface area contributed by atoms with Crippen LogP contribution in [0.4, 0.5) is 35.1 Å². The van der Waals surface area contributed by atoms with Gasteiger partial charge in [-0.15, -0.1) is 25.3 Å². The minimum Gasteiger partial charge on any atom is -0.778 e. The van der Waals surface area contributed by atoms with E-state index in [-0.39, 0.29) is 45.1 Å². The first-order chi connectivity index (χ1) is 17.7. The van der Waals surface area contributed by atoms with Gasteiger partial charge in [-0.25, -0.2) is 35.1 Å². The van der Waals surface area contributed by atoms with E-state index < -0.39 is 78.1 Å². The Labute approximate surface area is 284 Å². The first-order valence-electron chi connectivity index (χ1n) is 9.60. The average Bonchev–Trinajstić information content (AvgIpc) is 2.86.